The van der Waals surface area contributed by atoms with Crippen LogP contribution >= 0.6 is 22.9 Å². The number of hydrazone groups is 1. The molecule has 1 amide bonds. The summed E-state index contributed by atoms with van der Waals surface area (Å²) in [6, 6.07) is 19.9. The molecule has 0 aliphatic carbocycles. The van der Waals surface area contributed by atoms with Crippen LogP contribution in [0.25, 0.3) is 6.08 Å². The molecule has 2 unspecified atom stereocenters. The lowest BCUT2D eigenvalue weighted by molar-refractivity contribution is -0.126. The zero-order valence-electron chi connectivity index (χ0n) is 15.4. The van der Waals surface area contributed by atoms with Gasteiger partial charge in [-0.1, -0.05) is 54.6 Å². The molecular weight excluding hydrogens is 404 g/mol. The Hall–Kier alpha value is -2.96. The number of amides is 1. The van der Waals surface area contributed by atoms with Crippen molar-refractivity contribution in [1.29, 1.82) is 0 Å². The molecule has 0 radical (unpaired) electrons. The number of β-lactam (4-membered cyclic amide) rings is 1. The van der Waals surface area contributed by atoms with Crippen LogP contribution in [0.2, 0.25) is 0 Å². The van der Waals surface area contributed by atoms with Crippen molar-refractivity contribution in [3.05, 3.63) is 83.9 Å². The number of alkyl halides is 1. The number of hydrogen-bond donors (Lipinski definition) is 0. The second-order valence-electron chi connectivity index (χ2n) is 6.89. The number of allylic oxidation sites excluding steroid dienone is 1. The van der Waals surface area contributed by atoms with E-state index in [1.54, 1.807) is 11.1 Å². The van der Waals surface area contributed by atoms with Crippen LogP contribution < -0.4 is 9.91 Å². The van der Waals surface area contributed by atoms with Gasteiger partial charge in [0.2, 0.25) is 0 Å². The zero-order chi connectivity index (χ0) is 19.8. The van der Waals surface area contributed by atoms with Gasteiger partial charge in [-0.3, -0.25) is 9.69 Å². The lowest BCUT2D eigenvalue weighted by Gasteiger charge is -2.55. The third kappa shape index (κ3) is 2.87. The molecule has 0 bridgehead atoms. The van der Waals surface area contributed by atoms with Crippen LogP contribution in [-0.2, 0) is 4.79 Å². The van der Waals surface area contributed by atoms with Crippen LogP contribution in [0, 0.1) is 0 Å². The molecule has 2 aromatic carbocycles. The summed E-state index contributed by atoms with van der Waals surface area (Å²) in [5.41, 5.74) is 2.04. The van der Waals surface area contributed by atoms with Gasteiger partial charge in [0.05, 0.1) is 11.4 Å². The third-order valence-electron chi connectivity index (χ3n) is 5.15. The standard InChI is InChI=1S/C22H17ClN4OS/c23-19-20(28)26(21-24-13-14-29-21)22(19)15-17(12-11-16-7-3-1-4-8-16)25-27(22)18-9-5-2-6-10-18/h1-14,19H,15H2/b12-11+. The highest BCUT2D eigenvalue weighted by Crippen LogP contribution is 2.50. The van der Waals surface area contributed by atoms with Crippen molar-refractivity contribution in [3.8, 4) is 0 Å². The number of aromatic nitrogens is 1. The summed E-state index contributed by atoms with van der Waals surface area (Å²) in [6.07, 6.45) is 6.23. The maximum absolute atomic E-state index is 12.7. The van der Waals surface area contributed by atoms with E-state index in [2.05, 4.69) is 4.98 Å². The van der Waals surface area contributed by atoms with Crippen LogP contribution in [0.3, 0.4) is 0 Å². The largest absolute Gasteiger partial charge is 0.272 e. The lowest BCUT2D eigenvalue weighted by Crippen LogP contribution is -2.78. The van der Waals surface area contributed by atoms with Gasteiger partial charge in [-0.2, -0.15) is 5.10 Å². The maximum atomic E-state index is 12.7. The topological polar surface area (TPSA) is 48.8 Å². The fourth-order valence-corrected chi connectivity index (χ4v) is 4.88. The van der Waals surface area contributed by atoms with E-state index in [9.17, 15) is 4.79 Å². The van der Waals surface area contributed by atoms with Crippen molar-refractivity contribution >= 4 is 51.5 Å². The van der Waals surface area contributed by atoms with Crippen molar-refractivity contribution < 1.29 is 4.79 Å². The first-order valence-electron chi connectivity index (χ1n) is 9.24. The maximum Gasteiger partial charge on any atom is 0.253 e. The second-order valence-corrected chi connectivity index (χ2v) is 8.20. The summed E-state index contributed by atoms with van der Waals surface area (Å²) >= 11 is 8.07. The van der Waals surface area contributed by atoms with E-state index in [0.29, 0.717) is 11.6 Å². The number of benzene rings is 2. The number of para-hydroxylation sites is 1. The monoisotopic (exact) mass is 420 g/mol. The van der Waals surface area contributed by atoms with Gasteiger partial charge in [0.1, 0.15) is 0 Å². The number of carbonyl (C=O) groups excluding carboxylic acids is 1. The van der Waals surface area contributed by atoms with Crippen molar-refractivity contribution in [2.45, 2.75) is 17.5 Å². The number of anilines is 2. The fraction of sp³-hybridized carbons (Fsp3) is 0.136. The Morgan fingerprint density at radius 1 is 1.07 bits per heavy atom. The molecule has 1 fully saturated rings. The molecule has 0 saturated carbocycles. The first-order chi connectivity index (χ1) is 14.2. The molecule has 29 heavy (non-hydrogen) atoms. The van der Waals surface area contributed by atoms with E-state index < -0.39 is 11.0 Å². The van der Waals surface area contributed by atoms with Gasteiger partial charge in [0.15, 0.2) is 16.2 Å². The molecular formula is C22H17ClN4OS. The van der Waals surface area contributed by atoms with E-state index >= 15 is 0 Å². The number of halogens is 1. The van der Waals surface area contributed by atoms with Crippen LogP contribution in [0.1, 0.15) is 12.0 Å². The van der Waals surface area contributed by atoms with E-state index in [-0.39, 0.29) is 5.91 Å². The SMILES string of the molecule is O=C1C(Cl)C2(CC(/C=C/c3ccccc3)=NN2c2ccccc2)N1c1nccs1. The summed E-state index contributed by atoms with van der Waals surface area (Å²) in [5, 5.41) is 8.51. The molecule has 5 rings (SSSR count). The number of thiazole rings is 1. The normalized spacial score (nSPS) is 23.7. The first kappa shape index (κ1) is 18.1. The molecule has 144 valence electrons. The fourth-order valence-electron chi connectivity index (χ4n) is 3.80. The van der Waals surface area contributed by atoms with Crippen LogP contribution in [0.4, 0.5) is 10.8 Å². The highest BCUT2D eigenvalue weighted by Gasteiger charge is 2.67. The number of carbonyl (C=O) groups is 1. The molecule has 5 nitrogen and oxygen atoms in total. The van der Waals surface area contributed by atoms with Gasteiger partial charge < -0.3 is 0 Å². The van der Waals surface area contributed by atoms with Gasteiger partial charge in [-0.25, -0.2) is 9.99 Å². The second kappa shape index (κ2) is 7.13. The molecule has 2 atom stereocenters. The Labute approximate surface area is 177 Å². The Morgan fingerprint density at radius 3 is 2.48 bits per heavy atom. The molecule has 1 saturated heterocycles. The van der Waals surface area contributed by atoms with Gasteiger partial charge >= 0.3 is 0 Å². The summed E-state index contributed by atoms with van der Waals surface area (Å²) < 4.78 is 0. The molecule has 1 aromatic heterocycles. The Kier molecular flexibility index (Phi) is 4.45. The van der Waals surface area contributed by atoms with Crippen molar-refractivity contribution in [2.24, 2.45) is 5.10 Å². The van der Waals surface area contributed by atoms with Gasteiger partial charge in [0, 0.05) is 18.0 Å². The van der Waals surface area contributed by atoms with E-state index in [4.69, 9.17) is 16.7 Å². The number of rotatable bonds is 4. The van der Waals surface area contributed by atoms with Gasteiger partial charge in [-0.05, 0) is 23.8 Å². The molecule has 3 aromatic rings. The number of hydrogen-bond acceptors (Lipinski definition) is 5. The predicted octanol–water partition coefficient (Wildman–Crippen LogP) is 4.77. The number of nitrogens with zero attached hydrogens (tertiary/aromatic N) is 4. The molecule has 1 spiro atoms. The minimum absolute atomic E-state index is 0.147. The third-order valence-corrected chi connectivity index (χ3v) is 6.44. The van der Waals surface area contributed by atoms with Crippen LogP contribution in [0.15, 0.2) is 83.4 Å². The molecule has 0 N–H and O–H groups in total. The average Bonchev–Trinajstić information content (AvgIpc) is 3.43. The van der Waals surface area contributed by atoms with Crippen molar-refractivity contribution in [2.75, 3.05) is 9.91 Å². The molecule has 3 heterocycles. The predicted molar refractivity (Wildman–Crippen MR) is 118 cm³/mol. The van der Waals surface area contributed by atoms with Crippen LogP contribution in [0.5, 0.6) is 0 Å². The Balaban J connectivity index is 1.56. The quantitative estimate of drug-likeness (QED) is 0.451. The summed E-state index contributed by atoms with van der Waals surface area (Å²) in [7, 11) is 0. The van der Waals surface area contributed by atoms with Gasteiger partial charge in [0.25, 0.3) is 5.91 Å². The minimum Gasteiger partial charge on any atom is -0.272 e. The van der Waals surface area contributed by atoms with Crippen molar-refractivity contribution in [1.82, 2.24) is 4.98 Å². The summed E-state index contributed by atoms with van der Waals surface area (Å²) in [5.74, 6) is -0.147. The van der Waals surface area contributed by atoms with Crippen LogP contribution in [-0.4, -0.2) is 27.6 Å². The lowest BCUT2D eigenvalue weighted by atomic mass is 9.87. The zero-order valence-corrected chi connectivity index (χ0v) is 16.9. The van der Waals surface area contributed by atoms with E-state index in [1.165, 1.54) is 11.3 Å². The highest BCUT2D eigenvalue weighted by atomic mass is 35.5. The molecule has 7 heteroatoms. The molecule has 2 aliphatic heterocycles. The summed E-state index contributed by atoms with van der Waals surface area (Å²) in [6.45, 7) is 0. The smallest absolute Gasteiger partial charge is 0.253 e. The van der Waals surface area contributed by atoms with E-state index in [0.717, 1.165) is 17.0 Å². The van der Waals surface area contributed by atoms with Crippen molar-refractivity contribution in [3.63, 3.8) is 0 Å². The summed E-state index contributed by atoms with van der Waals surface area (Å²) in [4.78, 5) is 18.8. The minimum atomic E-state index is -0.797. The Bertz CT molecular complexity index is 1080. The molecule has 2 aliphatic rings. The van der Waals surface area contributed by atoms with Gasteiger partial charge in [-0.15, -0.1) is 22.9 Å². The van der Waals surface area contributed by atoms with E-state index in [1.807, 2.05) is 83.2 Å². The highest BCUT2D eigenvalue weighted by molar-refractivity contribution is 7.14. The Morgan fingerprint density at radius 2 is 1.79 bits per heavy atom. The average molecular weight is 421 g/mol. The first-order valence-corrected chi connectivity index (χ1v) is 10.6.